The van der Waals surface area contributed by atoms with Crippen LogP contribution in [0.15, 0.2) is 20.5 Å². The Balaban J connectivity index is 1.72. The van der Waals surface area contributed by atoms with Crippen molar-refractivity contribution in [3.05, 3.63) is 27.5 Å². The van der Waals surface area contributed by atoms with Crippen molar-refractivity contribution < 1.29 is 8.42 Å². The highest BCUT2D eigenvalue weighted by atomic mass is 32.2. The molecule has 1 aliphatic heterocycles. The summed E-state index contributed by atoms with van der Waals surface area (Å²) in [7, 11) is 0.159. The molecule has 0 spiro atoms. The van der Waals surface area contributed by atoms with Crippen molar-refractivity contribution in [3.63, 3.8) is 0 Å². The van der Waals surface area contributed by atoms with E-state index in [1.54, 1.807) is 23.2 Å². The average molecular weight is 437 g/mol. The molecule has 29 heavy (non-hydrogen) atoms. The Morgan fingerprint density at radius 2 is 1.93 bits per heavy atom. The van der Waals surface area contributed by atoms with Gasteiger partial charge in [0.2, 0.25) is 0 Å². The third kappa shape index (κ3) is 3.63. The molecule has 3 aromatic rings. The summed E-state index contributed by atoms with van der Waals surface area (Å²) in [6, 6.07) is 1.60. The number of nitrogens with zero attached hydrogens (tertiary/aromatic N) is 5. The van der Waals surface area contributed by atoms with Gasteiger partial charge < -0.3 is 9.88 Å². The Kier molecular flexibility index (Phi) is 5.32. The number of rotatable bonds is 5. The van der Waals surface area contributed by atoms with Crippen molar-refractivity contribution in [2.75, 3.05) is 33.2 Å². The van der Waals surface area contributed by atoms with Gasteiger partial charge in [0.1, 0.15) is 15.6 Å². The SMILES string of the molecule is CCCc1nn(C)c2c(=O)[nH]c(-c3csc(S(=O)(=O)N4CCN(C)CC4)c3)nc12. The van der Waals surface area contributed by atoms with E-state index >= 15 is 0 Å². The number of aryl methyl sites for hydroxylation is 2. The molecule has 1 aliphatic rings. The van der Waals surface area contributed by atoms with E-state index in [4.69, 9.17) is 0 Å². The molecule has 4 rings (SSSR count). The fraction of sp³-hybridized carbons (Fsp3) is 0.500. The molecular formula is C18H24N6O3S2. The first-order valence-corrected chi connectivity index (χ1v) is 11.9. The van der Waals surface area contributed by atoms with Crippen LogP contribution in [0.2, 0.25) is 0 Å². The number of aromatic nitrogens is 4. The minimum absolute atomic E-state index is 0.264. The molecule has 0 saturated carbocycles. The Morgan fingerprint density at radius 3 is 2.62 bits per heavy atom. The highest BCUT2D eigenvalue weighted by molar-refractivity contribution is 7.91. The van der Waals surface area contributed by atoms with Crippen molar-refractivity contribution in [1.82, 2.24) is 29.0 Å². The number of likely N-dealkylation sites (N-methyl/N-ethyl adjacent to an activating group) is 1. The number of hydrogen-bond donors (Lipinski definition) is 1. The van der Waals surface area contributed by atoms with E-state index in [1.165, 1.54) is 4.31 Å². The van der Waals surface area contributed by atoms with Crippen LogP contribution in [0.25, 0.3) is 22.4 Å². The molecule has 11 heteroatoms. The maximum Gasteiger partial charge on any atom is 0.277 e. The molecule has 3 aromatic heterocycles. The van der Waals surface area contributed by atoms with Crippen LogP contribution >= 0.6 is 11.3 Å². The molecule has 0 aromatic carbocycles. The Hall–Kier alpha value is -2.08. The fourth-order valence-electron chi connectivity index (χ4n) is 3.52. The predicted octanol–water partition coefficient (Wildman–Crippen LogP) is 1.27. The van der Waals surface area contributed by atoms with Crippen LogP contribution in [-0.2, 0) is 23.5 Å². The lowest BCUT2D eigenvalue weighted by Gasteiger charge is -2.31. The lowest BCUT2D eigenvalue weighted by molar-refractivity contribution is 0.222. The van der Waals surface area contributed by atoms with Gasteiger partial charge in [0.15, 0.2) is 5.52 Å². The van der Waals surface area contributed by atoms with E-state index in [2.05, 4.69) is 20.0 Å². The topological polar surface area (TPSA) is 104 Å². The maximum atomic E-state index is 13.0. The molecule has 4 heterocycles. The van der Waals surface area contributed by atoms with Crippen molar-refractivity contribution >= 4 is 32.4 Å². The molecule has 1 fully saturated rings. The van der Waals surface area contributed by atoms with Crippen LogP contribution in [-0.4, -0.2) is 70.6 Å². The smallest absolute Gasteiger partial charge is 0.277 e. The van der Waals surface area contributed by atoms with Gasteiger partial charge in [-0.1, -0.05) is 13.3 Å². The lowest BCUT2D eigenvalue weighted by Crippen LogP contribution is -2.46. The van der Waals surface area contributed by atoms with Crippen LogP contribution in [0.4, 0.5) is 0 Å². The number of piperazine rings is 1. The monoisotopic (exact) mass is 436 g/mol. The molecule has 0 atom stereocenters. The molecule has 0 radical (unpaired) electrons. The largest absolute Gasteiger partial charge is 0.305 e. The number of nitrogens with one attached hydrogen (secondary N) is 1. The zero-order chi connectivity index (χ0) is 20.8. The number of fused-ring (bicyclic) bond motifs is 1. The van der Waals surface area contributed by atoms with E-state index < -0.39 is 10.0 Å². The Bertz CT molecular complexity index is 1200. The van der Waals surface area contributed by atoms with Crippen LogP contribution in [0.5, 0.6) is 0 Å². The molecule has 0 bridgehead atoms. The number of aromatic amines is 1. The molecule has 0 amide bonds. The predicted molar refractivity (Wildman–Crippen MR) is 113 cm³/mol. The highest BCUT2D eigenvalue weighted by Gasteiger charge is 2.29. The Morgan fingerprint density at radius 1 is 1.21 bits per heavy atom. The van der Waals surface area contributed by atoms with Crippen LogP contribution in [0, 0.1) is 0 Å². The summed E-state index contributed by atoms with van der Waals surface area (Å²) in [5.41, 5.74) is 2.09. The van der Waals surface area contributed by atoms with Crippen LogP contribution in [0.3, 0.4) is 0 Å². The van der Waals surface area contributed by atoms with E-state index in [-0.39, 0.29) is 9.77 Å². The van der Waals surface area contributed by atoms with Gasteiger partial charge in [0, 0.05) is 44.2 Å². The van der Waals surface area contributed by atoms with Gasteiger partial charge in [-0.25, -0.2) is 13.4 Å². The number of sulfonamides is 1. The summed E-state index contributed by atoms with van der Waals surface area (Å²) >= 11 is 1.15. The summed E-state index contributed by atoms with van der Waals surface area (Å²) in [5, 5.41) is 6.14. The van der Waals surface area contributed by atoms with E-state index in [0.29, 0.717) is 48.6 Å². The first-order valence-electron chi connectivity index (χ1n) is 9.54. The van der Waals surface area contributed by atoms with E-state index in [0.717, 1.165) is 29.9 Å². The molecular weight excluding hydrogens is 412 g/mol. The van der Waals surface area contributed by atoms with E-state index in [1.807, 2.05) is 14.0 Å². The van der Waals surface area contributed by atoms with Crippen LogP contribution in [0.1, 0.15) is 19.0 Å². The average Bonchev–Trinajstić information content (AvgIpc) is 3.29. The zero-order valence-corrected chi connectivity index (χ0v) is 18.3. The second kappa shape index (κ2) is 7.63. The fourth-order valence-corrected chi connectivity index (χ4v) is 6.26. The Labute approximate surface area is 173 Å². The van der Waals surface area contributed by atoms with Crippen molar-refractivity contribution in [1.29, 1.82) is 0 Å². The quantitative estimate of drug-likeness (QED) is 0.646. The summed E-state index contributed by atoms with van der Waals surface area (Å²) < 4.78 is 29.3. The number of thiophene rings is 1. The highest BCUT2D eigenvalue weighted by Crippen LogP contribution is 2.29. The second-order valence-electron chi connectivity index (χ2n) is 7.29. The minimum atomic E-state index is -3.55. The first kappa shape index (κ1) is 20.2. The minimum Gasteiger partial charge on any atom is -0.305 e. The zero-order valence-electron chi connectivity index (χ0n) is 16.7. The third-order valence-electron chi connectivity index (χ3n) is 5.15. The van der Waals surface area contributed by atoms with E-state index in [9.17, 15) is 13.2 Å². The lowest BCUT2D eigenvalue weighted by atomic mass is 10.2. The second-order valence-corrected chi connectivity index (χ2v) is 10.4. The normalized spacial score (nSPS) is 16.7. The molecule has 0 unspecified atom stereocenters. The third-order valence-corrected chi connectivity index (χ3v) is 8.47. The van der Waals surface area contributed by atoms with Gasteiger partial charge in [-0.05, 0) is 19.5 Å². The molecule has 0 aliphatic carbocycles. The van der Waals surface area contributed by atoms with Gasteiger partial charge in [0.25, 0.3) is 15.6 Å². The summed E-state index contributed by atoms with van der Waals surface area (Å²) in [5.74, 6) is 0.365. The number of H-pyrrole nitrogens is 1. The van der Waals surface area contributed by atoms with Gasteiger partial charge in [-0.15, -0.1) is 11.3 Å². The maximum absolute atomic E-state index is 13.0. The standard InChI is InChI=1S/C18H24N6O3S2/c1-4-5-13-15-16(23(3)21-13)18(25)20-17(19-15)12-10-14(28-11-12)29(26,27)24-8-6-22(2)7-9-24/h10-11H,4-9H2,1-3H3,(H,19,20,25). The van der Waals surface area contributed by atoms with Crippen molar-refractivity contribution in [2.45, 2.75) is 24.0 Å². The van der Waals surface area contributed by atoms with Gasteiger partial charge in [-0.3, -0.25) is 9.48 Å². The van der Waals surface area contributed by atoms with Gasteiger partial charge in [0.05, 0.1) is 5.69 Å². The van der Waals surface area contributed by atoms with Gasteiger partial charge in [-0.2, -0.15) is 9.40 Å². The summed E-state index contributed by atoms with van der Waals surface area (Å²) in [6.07, 6.45) is 1.61. The van der Waals surface area contributed by atoms with Crippen molar-refractivity contribution in [3.8, 4) is 11.4 Å². The molecule has 1 N–H and O–H groups in total. The first-order chi connectivity index (χ1) is 13.8. The summed E-state index contributed by atoms with van der Waals surface area (Å²) in [6.45, 7) is 4.42. The number of hydrogen-bond acceptors (Lipinski definition) is 7. The molecule has 156 valence electrons. The summed E-state index contributed by atoms with van der Waals surface area (Å²) in [4.78, 5) is 22.1. The van der Waals surface area contributed by atoms with Gasteiger partial charge >= 0.3 is 0 Å². The molecule has 1 saturated heterocycles. The van der Waals surface area contributed by atoms with Crippen LogP contribution < -0.4 is 5.56 Å². The van der Waals surface area contributed by atoms with Crippen molar-refractivity contribution in [2.24, 2.45) is 7.05 Å². The molecule has 9 nitrogen and oxygen atoms in total.